The first kappa shape index (κ1) is 28.9. The van der Waals surface area contributed by atoms with Gasteiger partial charge in [0.25, 0.3) is 0 Å². The van der Waals surface area contributed by atoms with Gasteiger partial charge in [0.1, 0.15) is 0 Å². The van der Waals surface area contributed by atoms with Crippen molar-refractivity contribution in [1.29, 1.82) is 0 Å². The van der Waals surface area contributed by atoms with E-state index in [1.165, 1.54) is 5.56 Å². The summed E-state index contributed by atoms with van der Waals surface area (Å²) in [6, 6.07) is 53.8. The first-order chi connectivity index (χ1) is 23.8. The molecule has 0 fully saturated rings. The lowest BCUT2D eigenvalue weighted by Gasteiger charge is -2.10. The molecule has 0 spiro atoms. The molecule has 0 unspecified atom stereocenters. The second-order valence-corrected chi connectivity index (χ2v) is 11.4. The van der Waals surface area contributed by atoms with Crippen molar-refractivity contribution in [1.82, 2.24) is 24.9 Å². The molecule has 48 heavy (non-hydrogen) atoms. The van der Waals surface area contributed by atoms with Gasteiger partial charge >= 0.3 is 0 Å². The Morgan fingerprint density at radius 3 is 1.25 bits per heavy atom. The van der Waals surface area contributed by atoms with Crippen molar-refractivity contribution in [3.63, 3.8) is 0 Å². The molecule has 3 heterocycles. The van der Waals surface area contributed by atoms with E-state index in [2.05, 4.69) is 114 Å². The molecule has 5 nitrogen and oxygen atoms in total. The van der Waals surface area contributed by atoms with Crippen LogP contribution < -0.4 is 0 Å². The summed E-state index contributed by atoms with van der Waals surface area (Å²) in [4.78, 5) is 23.6. The molecule has 0 atom stereocenters. The predicted molar refractivity (Wildman–Crippen MR) is 193 cm³/mol. The van der Waals surface area contributed by atoms with E-state index in [1.807, 2.05) is 54.7 Å². The summed E-state index contributed by atoms with van der Waals surface area (Å²) in [5.41, 5.74) is 11.5. The highest BCUT2D eigenvalue weighted by Gasteiger charge is 2.13. The highest BCUT2D eigenvalue weighted by molar-refractivity contribution is 5.76. The van der Waals surface area contributed by atoms with E-state index in [1.54, 1.807) is 12.4 Å². The van der Waals surface area contributed by atoms with Gasteiger partial charge in [-0.15, -0.1) is 0 Å². The summed E-state index contributed by atoms with van der Waals surface area (Å²) in [5.74, 6) is 1.91. The molecular weight excluding hydrogens is 587 g/mol. The molecule has 0 aliphatic heterocycles. The van der Waals surface area contributed by atoms with E-state index in [4.69, 9.17) is 19.9 Å². The van der Waals surface area contributed by atoms with Gasteiger partial charge in [0.05, 0.1) is 5.69 Å². The third kappa shape index (κ3) is 6.13. The molecule has 8 rings (SSSR count). The van der Waals surface area contributed by atoms with Crippen LogP contribution in [0, 0.1) is 0 Å². The van der Waals surface area contributed by atoms with Crippen molar-refractivity contribution in [3.8, 4) is 78.8 Å². The van der Waals surface area contributed by atoms with Gasteiger partial charge in [-0.25, -0.2) is 15.0 Å². The zero-order chi connectivity index (χ0) is 32.1. The average molecular weight is 616 g/mol. The van der Waals surface area contributed by atoms with Crippen LogP contribution in [0.1, 0.15) is 0 Å². The maximum atomic E-state index is 4.95. The van der Waals surface area contributed by atoms with E-state index in [0.29, 0.717) is 17.5 Å². The Hall–Kier alpha value is -6.59. The van der Waals surface area contributed by atoms with Crippen molar-refractivity contribution >= 4 is 0 Å². The molecule has 0 aliphatic rings. The van der Waals surface area contributed by atoms with E-state index in [-0.39, 0.29) is 0 Å². The number of rotatable bonds is 7. The van der Waals surface area contributed by atoms with Crippen LogP contribution in [0.4, 0.5) is 0 Å². The Bertz CT molecular complexity index is 2290. The fourth-order valence-electron chi connectivity index (χ4n) is 5.74. The van der Waals surface area contributed by atoms with Crippen molar-refractivity contribution < 1.29 is 0 Å². The molecule has 0 bridgehead atoms. The second-order valence-electron chi connectivity index (χ2n) is 11.4. The molecule has 5 aromatic carbocycles. The number of aromatic nitrogens is 5. The monoisotopic (exact) mass is 615 g/mol. The molecule has 5 heteroatoms. The summed E-state index contributed by atoms with van der Waals surface area (Å²) in [6.45, 7) is 0. The van der Waals surface area contributed by atoms with Crippen LogP contribution in [0.25, 0.3) is 78.8 Å². The van der Waals surface area contributed by atoms with Crippen LogP contribution in [0.15, 0.2) is 176 Å². The van der Waals surface area contributed by atoms with Gasteiger partial charge in [-0.2, -0.15) is 0 Å². The van der Waals surface area contributed by atoms with Crippen LogP contribution in [-0.4, -0.2) is 24.9 Å². The highest BCUT2D eigenvalue weighted by Crippen LogP contribution is 2.31. The standard InChI is InChI=1S/C43H29N5/c1-3-8-30(9-4-1)31-14-18-35(19-15-31)42-46-41(34-10-5-2-6-11-34)47-43(48-42)36-20-16-32(17-21-36)37-12-7-13-38(28-37)39-22-23-40(45-29-39)33-24-26-44-27-25-33/h1-29H. The Morgan fingerprint density at radius 1 is 0.292 bits per heavy atom. The van der Waals surface area contributed by atoms with Crippen LogP contribution in [0.2, 0.25) is 0 Å². The molecule has 3 aromatic heterocycles. The van der Waals surface area contributed by atoms with Crippen molar-refractivity contribution in [2.24, 2.45) is 0 Å². The largest absolute Gasteiger partial charge is 0.265 e. The number of hydrogen-bond acceptors (Lipinski definition) is 5. The van der Waals surface area contributed by atoms with Crippen molar-refractivity contribution in [3.05, 3.63) is 176 Å². The van der Waals surface area contributed by atoms with Crippen molar-refractivity contribution in [2.75, 3.05) is 0 Å². The molecule has 0 N–H and O–H groups in total. The SMILES string of the molecule is c1ccc(-c2ccc(-c3nc(-c4ccccc4)nc(-c4ccc(-c5cccc(-c6ccc(-c7ccncc7)nc6)c5)cc4)n3)cc2)cc1. The van der Waals surface area contributed by atoms with Gasteiger partial charge in [0, 0.05) is 46.4 Å². The average Bonchev–Trinajstić information content (AvgIpc) is 3.19. The zero-order valence-electron chi connectivity index (χ0n) is 26.0. The molecule has 0 saturated carbocycles. The minimum absolute atomic E-state index is 0.631. The molecule has 226 valence electrons. The first-order valence-electron chi connectivity index (χ1n) is 15.8. The van der Waals surface area contributed by atoms with Crippen LogP contribution >= 0.6 is 0 Å². The van der Waals surface area contributed by atoms with Gasteiger partial charge in [-0.05, 0) is 52.1 Å². The summed E-state index contributed by atoms with van der Waals surface area (Å²) in [6.07, 6.45) is 5.49. The smallest absolute Gasteiger partial charge is 0.164 e. The third-order valence-electron chi connectivity index (χ3n) is 8.33. The molecule has 0 radical (unpaired) electrons. The van der Waals surface area contributed by atoms with Gasteiger partial charge < -0.3 is 0 Å². The third-order valence-corrected chi connectivity index (χ3v) is 8.33. The quantitative estimate of drug-likeness (QED) is 0.178. The Kier molecular flexibility index (Phi) is 7.83. The molecule has 0 amide bonds. The van der Waals surface area contributed by atoms with Crippen LogP contribution in [0.3, 0.4) is 0 Å². The maximum Gasteiger partial charge on any atom is 0.164 e. The van der Waals surface area contributed by atoms with Gasteiger partial charge in [-0.3, -0.25) is 9.97 Å². The lowest BCUT2D eigenvalue weighted by atomic mass is 9.98. The van der Waals surface area contributed by atoms with Crippen molar-refractivity contribution in [2.45, 2.75) is 0 Å². The minimum atomic E-state index is 0.631. The fraction of sp³-hybridized carbons (Fsp3) is 0. The molecular formula is C43H29N5. The van der Waals surface area contributed by atoms with E-state index in [0.717, 1.165) is 55.8 Å². The van der Waals surface area contributed by atoms with Crippen LogP contribution in [-0.2, 0) is 0 Å². The second kappa shape index (κ2) is 13.0. The number of benzene rings is 5. The number of hydrogen-bond donors (Lipinski definition) is 0. The molecule has 0 aliphatic carbocycles. The van der Waals surface area contributed by atoms with E-state index >= 15 is 0 Å². The molecule has 8 aromatic rings. The lowest BCUT2D eigenvalue weighted by Crippen LogP contribution is -2.00. The maximum absolute atomic E-state index is 4.95. The number of pyridine rings is 2. The van der Waals surface area contributed by atoms with E-state index < -0.39 is 0 Å². The first-order valence-corrected chi connectivity index (χ1v) is 15.8. The van der Waals surface area contributed by atoms with Gasteiger partial charge in [0.2, 0.25) is 0 Å². The fourth-order valence-corrected chi connectivity index (χ4v) is 5.74. The van der Waals surface area contributed by atoms with Gasteiger partial charge in [-0.1, -0.05) is 133 Å². The lowest BCUT2D eigenvalue weighted by molar-refractivity contribution is 1.07. The Morgan fingerprint density at radius 2 is 0.708 bits per heavy atom. The number of nitrogens with zero attached hydrogens (tertiary/aromatic N) is 5. The Balaban J connectivity index is 1.10. The zero-order valence-corrected chi connectivity index (χ0v) is 26.0. The summed E-state index contributed by atoms with van der Waals surface area (Å²) < 4.78 is 0. The van der Waals surface area contributed by atoms with Gasteiger partial charge in [0.15, 0.2) is 17.5 Å². The predicted octanol–water partition coefficient (Wildman–Crippen LogP) is 10.3. The Labute approximate surface area is 279 Å². The molecule has 0 saturated heterocycles. The topological polar surface area (TPSA) is 64.5 Å². The summed E-state index contributed by atoms with van der Waals surface area (Å²) in [7, 11) is 0. The van der Waals surface area contributed by atoms with Crippen LogP contribution in [0.5, 0.6) is 0 Å². The summed E-state index contributed by atoms with van der Waals surface area (Å²) in [5, 5.41) is 0. The normalized spacial score (nSPS) is 10.9. The minimum Gasteiger partial charge on any atom is -0.265 e. The summed E-state index contributed by atoms with van der Waals surface area (Å²) >= 11 is 0. The van der Waals surface area contributed by atoms with E-state index in [9.17, 15) is 0 Å². The highest BCUT2D eigenvalue weighted by atomic mass is 15.0.